The molecule has 5 rings (SSSR count). The van der Waals surface area contributed by atoms with Crippen molar-refractivity contribution in [2.75, 3.05) is 11.1 Å². The molecule has 156 valence electrons. The number of amides is 1. The van der Waals surface area contributed by atoms with Crippen molar-refractivity contribution in [2.45, 2.75) is 31.5 Å². The third kappa shape index (κ3) is 3.42. The monoisotopic (exact) mass is 431 g/mol. The number of anilines is 1. The van der Waals surface area contributed by atoms with E-state index >= 15 is 0 Å². The Balaban J connectivity index is 1.47. The molecule has 1 unspecified atom stereocenters. The molecule has 0 saturated heterocycles. The standard InChI is InChI=1S/C23H21N5O2S/c1-14-7-3-5-9-18(14)25-20(29)11-16-13-31-23-26-21-17(22(30)27(16)23)12-24-28(21)19-10-6-4-8-15(19)2/h3-10,12,16H,11,13H2,1-2H3,(H,25,29). The van der Waals surface area contributed by atoms with Gasteiger partial charge in [-0.3, -0.25) is 14.2 Å². The Morgan fingerprint density at radius 3 is 2.65 bits per heavy atom. The van der Waals surface area contributed by atoms with Crippen LogP contribution in [0.3, 0.4) is 0 Å². The molecule has 8 heteroatoms. The van der Waals surface area contributed by atoms with Crippen molar-refractivity contribution in [3.8, 4) is 5.69 Å². The average molecular weight is 432 g/mol. The second kappa shape index (κ2) is 7.70. The van der Waals surface area contributed by atoms with Crippen LogP contribution in [-0.2, 0) is 4.79 Å². The van der Waals surface area contributed by atoms with E-state index in [9.17, 15) is 9.59 Å². The highest BCUT2D eigenvalue weighted by atomic mass is 32.2. The highest BCUT2D eigenvalue weighted by molar-refractivity contribution is 7.99. The van der Waals surface area contributed by atoms with E-state index in [4.69, 9.17) is 4.98 Å². The lowest BCUT2D eigenvalue weighted by atomic mass is 10.1. The maximum absolute atomic E-state index is 13.3. The number of aryl methyl sites for hydroxylation is 2. The van der Waals surface area contributed by atoms with Gasteiger partial charge >= 0.3 is 0 Å². The molecule has 1 aliphatic rings. The number of fused-ring (bicyclic) bond motifs is 2. The SMILES string of the molecule is Cc1ccccc1NC(=O)CC1CSc2nc3c(cnn3-c3ccccc3C)c(=O)n21. The number of rotatable bonds is 4. The molecule has 7 nitrogen and oxygen atoms in total. The summed E-state index contributed by atoms with van der Waals surface area (Å²) in [6.45, 7) is 3.95. The summed E-state index contributed by atoms with van der Waals surface area (Å²) in [6.07, 6.45) is 1.78. The number of hydrogen-bond acceptors (Lipinski definition) is 5. The van der Waals surface area contributed by atoms with Gasteiger partial charge in [-0.1, -0.05) is 48.2 Å². The Bertz CT molecular complexity index is 1370. The second-order valence-corrected chi connectivity index (χ2v) is 8.67. The first kappa shape index (κ1) is 19.6. The number of carbonyl (C=O) groups is 1. The van der Waals surface area contributed by atoms with Crippen LogP contribution in [0.1, 0.15) is 23.6 Å². The topological polar surface area (TPSA) is 81.8 Å². The molecule has 2 aromatic heterocycles. The molecule has 0 aliphatic carbocycles. The third-order valence-corrected chi connectivity index (χ3v) is 6.65. The molecule has 4 aromatic rings. The molecule has 31 heavy (non-hydrogen) atoms. The number of nitrogens with one attached hydrogen (secondary N) is 1. The summed E-state index contributed by atoms with van der Waals surface area (Å²) in [5.74, 6) is 0.517. The molecular formula is C23H21N5O2S. The van der Waals surface area contributed by atoms with E-state index in [0.717, 1.165) is 22.5 Å². The van der Waals surface area contributed by atoms with E-state index in [-0.39, 0.29) is 23.9 Å². The zero-order chi connectivity index (χ0) is 21.5. The largest absolute Gasteiger partial charge is 0.326 e. The molecule has 3 heterocycles. The Morgan fingerprint density at radius 2 is 1.87 bits per heavy atom. The van der Waals surface area contributed by atoms with Gasteiger partial charge in [0.2, 0.25) is 5.91 Å². The molecule has 1 amide bonds. The van der Waals surface area contributed by atoms with Crippen molar-refractivity contribution in [1.82, 2.24) is 19.3 Å². The molecule has 2 aromatic carbocycles. The van der Waals surface area contributed by atoms with Crippen LogP contribution in [0, 0.1) is 13.8 Å². The number of aromatic nitrogens is 4. The normalized spacial score (nSPS) is 15.2. The van der Waals surface area contributed by atoms with Crippen molar-refractivity contribution in [3.05, 3.63) is 76.2 Å². The van der Waals surface area contributed by atoms with E-state index in [0.29, 0.717) is 21.9 Å². The van der Waals surface area contributed by atoms with Crippen molar-refractivity contribution >= 4 is 34.4 Å². The summed E-state index contributed by atoms with van der Waals surface area (Å²) in [4.78, 5) is 30.7. The number of hydrogen-bond donors (Lipinski definition) is 1. The van der Waals surface area contributed by atoms with Crippen molar-refractivity contribution < 1.29 is 4.79 Å². The molecule has 0 saturated carbocycles. The first-order chi connectivity index (χ1) is 15.0. The van der Waals surface area contributed by atoms with Crippen molar-refractivity contribution in [3.63, 3.8) is 0 Å². The number of carbonyl (C=O) groups excluding carboxylic acids is 1. The van der Waals surface area contributed by atoms with Crippen LogP contribution in [0.4, 0.5) is 5.69 Å². The summed E-state index contributed by atoms with van der Waals surface area (Å²) < 4.78 is 3.36. The lowest BCUT2D eigenvalue weighted by Gasteiger charge is -2.14. The first-order valence-corrected chi connectivity index (χ1v) is 11.1. The minimum atomic E-state index is -0.241. The fourth-order valence-electron chi connectivity index (χ4n) is 3.89. The molecule has 0 bridgehead atoms. The van der Waals surface area contributed by atoms with Crippen LogP contribution >= 0.6 is 11.8 Å². The lowest BCUT2D eigenvalue weighted by Crippen LogP contribution is -2.27. The van der Waals surface area contributed by atoms with E-state index in [1.807, 2.05) is 62.4 Å². The predicted molar refractivity (Wildman–Crippen MR) is 122 cm³/mol. The summed E-state index contributed by atoms with van der Waals surface area (Å²) in [7, 11) is 0. The first-order valence-electron chi connectivity index (χ1n) is 10.1. The Labute approximate surface area is 183 Å². The van der Waals surface area contributed by atoms with Gasteiger partial charge in [-0.25, -0.2) is 9.67 Å². The Kier molecular flexibility index (Phi) is 4.86. The minimum absolute atomic E-state index is 0.115. The summed E-state index contributed by atoms with van der Waals surface area (Å²) >= 11 is 1.50. The van der Waals surface area contributed by atoms with E-state index in [1.54, 1.807) is 15.4 Å². The van der Waals surface area contributed by atoms with Gasteiger partial charge in [0.15, 0.2) is 10.8 Å². The highest BCUT2D eigenvalue weighted by Gasteiger charge is 2.29. The van der Waals surface area contributed by atoms with E-state index in [2.05, 4.69) is 10.4 Å². The molecule has 1 N–H and O–H groups in total. The van der Waals surface area contributed by atoms with E-state index < -0.39 is 0 Å². The number of thioether (sulfide) groups is 1. The highest BCUT2D eigenvalue weighted by Crippen LogP contribution is 2.33. The van der Waals surface area contributed by atoms with Gasteiger partial charge in [-0.05, 0) is 37.1 Å². The lowest BCUT2D eigenvalue weighted by molar-refractivity contribution is -0.116. The molecular weight excluding hydrogens is 410 g/mol. The van der Waals surface area contributed by atoms with Crippen LogP contribution in [0.5, 0.6) is 0 Å². The Morgan fingerprint density at radius 1 is 1.13 bits per heavy atom. The smallest absolute Gasteiger partial charge is 0.265 e. The van der Waals surface area contributed by atoms with Crippen molar-refractivity contribution in [1.29, 1.82) is 0 Å². The molecule has 1 atom stereocenters. The second-order valence-electron chi connectivity index (χ2n) is 7.68. The molecule has 0 radical (unpaired) electrons. The summed E-state index contributed by atoms with van der Waals surface area (Å²) in [5, 5.41) is 8.47. The molecule has 0 fully saturated rings. The van der Waals surface area contributed by atoms with Crippen LogP contribution in [-0.4, -0.2) is 31.0 Å². The maximum atomic E-state index is 13.3. The molecule has 0 spiro atoms. The van der Waals surface area contributed by atoms with Gasteiger partial charge in [-0.2, -0.15) is 5.10 Å². The third-order valence-electron chi connectivity index (χ3n) is 5.55. The van der Waals surface area contributed by atoms with Gasteiger partial charge in [0, 0.05) is 17.9 Å². The average Bonchev–Trinajstić information content (AvgIpc) is 3.35. The number of benzene rings is 2. The fraction of sp³-hybridized carbons (Fsp3) is 0.217. The van der Waals surface area contributed by atoms with Gasteiger partial charge in [-0.15, -0.1) is 0 Å². The van der Waals surface area contributed by atoms with Crippen LogP contribution < -0.4 is 10.9 Å². The van der Waals surface area contributed by atoms with Crippen LogP contribution in [0.15, 0.2) is 64.7 Å². The zero-order valence-corrected chi connectivity index (χ0v) is 18.0. The fourth-order valence-corrected chi connectivity index (χ4v) is 5.02. The number of nitrogens with zero attached hydrogens (tertiary/aromatic N) is 4. The van der Waals surface area contributed by atoms with Crippen LogP contribution in [0.2, 0.25) is 0 Å². The van der Waals surface area contributed by atoms with Crippen LogP contribution in [0.25, 0.3) is 16.7 Å². The quantitative estimate of drug-likeness (QED) is 0.496. The van der Waals surface area contributed by atoms with Crippen molar-refractivity contribution in [2.24, 2.45) is 0 Å². The minimum Gasteiger partial charge on any atom is -0.326 e. The summed E-state index contributed by atoms with van der Waals surface area (Å²) in [5.41, 5.74) is 4.13. The predicted octanol–water partition coefficient (Wildman–Crippen LogP) is 3.87. The number of para-hydroxylation sites is 2. The van der Waals surface area contributed by atoms with Gasteiger partial charge in [0.05, 0.1) is 17.9 Å². The van der Waals surface area contributed by atoms with Gasteiger partial charge in [0.1, 0.15) is 5.39 Å². The maximum Gasteiger partial charge on any atom is 0.265 e. The Hall–Kier alpha value is -3.39. The van der Waals surface area contributed by atoms with E-state index in [1.165, 1.54) is 11.8 Å². The van der Waals surface area contributed by atoms with Gasteiger partial charge in [0.25, 0.3) is 5.56 Å². The van der Waals surface area contributed by atoms with Gasteiger partial charge < -0.3 is 5.32 Å². The zero-order valence-electron chi connectivity index (χ0n) is 17.2. The summed E-state index contributed by atoms with van der Waals surface area (Å²) in [6, 6.07) is 15.3. The molecule has 1 aliphatic heterocycles.